The first-order valence-electron chi connectivity index (χ1n) is 4.23. The molecule has 0 amide bonds. The molecule has 0 aliphatic carbocycles. The molecule has 0 saturated carbocycles. The Morgan fingerprint density at radius 2 is 2.17 bits per heavy atom. The van der Waals surface area contributed by atoms with E-state index < -0.39 is 0 Å². The summed E-state index contributed by atoms with van der Waals surface area (Å²) in [5, 5.41) is 3.11. The summed E-state index contributed by atoms with van der Waals surface area (Å²) in [4.78, 5) is 4.06. The van der Waals surface area contributed by atoms with Gasteiger partial charge in [0.1, 0.15) is 6.33 Å². The van der Waals surface area contributed by atoms with Gasteiger partial charge < -0.3 is 0 Å². The van der Waals surface area contributed by atoms with Crippen LogP contribution >= 0.6 is 11.5 Å². The zero-order valence-electron chi connectivity index (χ0n) is 6.86. The first-order chi connectivity index (χ1) is 5.95. The van der Waals surface area contributed by atoms with Gasteiger partial charge >= 0.3 is 0 Å². The summed E-state index contributed by atoms with van der Waals surface area (Å²) >= 11 is 1.40. The summed E-state index contributed by atoms with van der Waals surface area (Å²) in [5.41, 5.74) is 3.24. The molecule has 0 unspecified atom stereocenters. The molecule has 1 fully saturated rings. The van der Waals surface area contributed by atoms with E-state index in [2.05, 4.69) is 19.8 Å². The molecule has 0 radical (unpaired) electrons. The Morgan fingerprint density at radius 1 is 1.33 bits per heavy atom. The number of anilines is 1. The number of aromatic nitrogens is 2. The van der Waals surface area contributed by atoms with Gasteiger partial charge in [0.15, 0.2) is 0 Å². The van der Waals surface area contributed by atoms with Crippen molar-refractivity contribution in [1.29, 1.82) is 0 Å². The zero-order valence-corrected chi connectivity index (χ0v) is 7.68. The van der Waals surface area contributed by atoms with Crippen molar-refractivity contribution in [1.82, 2.24) is 14.4 Å². The highest BCUT2D eigenvalue weighted by Crippen LogP contribution is 2.12. The predicted molar refractivity (Wildman–Crippen MR) is 49.0 cm³/mol. The topological polar surface area (TPSA) is 41.1 Å². The molecule has 1 aliphatic heterocycles. The summed E-state index contributed by atoms with van der Waals surface area (Å²) in [6, 6.07) is 0. The van der Waals surface area contributed by atoms with E-state index in [0.717, 1.165) is 18.2 Å². The number of piperidine rings is 1. The second kappa shape index (κ2) is 3.82. The third-order valence-electron chi connectivity index (χ3n) is 1.97. The molecule has 4 nitrogen and oxygen atoms in total. The molecule has 12 heavy (non-hydrogen) atoms. The van der Waals surface area contributed by atoms with Crippen LogP contribution in [-0.4, -0.2) is 27.5 Å². The van der Waals surface area contributed by atoms with Crippen LogP contribution in [0.5, 0.6) is 0 Å². The molecule has 1 aromatic heterocycles. The van der Waals surface area contributed by atoms with Crippen molar-refractivity contribution in [2.75, 3.05) is 18.5 Å². The predicted octanol–water partition coefficient (Wildman–Crippen LogP) is 1.35. The number of rotatable bonds is 2. The van der Waals surface area contributed by atoms with E-state index in [0.29, 0.717) is 0 Å². The highest BCUT2D eigenvalue weighted by atomic mass is 32.1. The Hall–Kier alpha value is -0.680. The quantitative estimate of drug-likeness (QED) is 0.753. The standard InChI is InChI=1S/C7H12N4S/c1-2-4-11(5-3-1)10-7-8-6-9-12-7/h6H,1-5H2,(H,8,9,10). The molecular weight excluding hydrogens is 172 g/mol. The van der Waals surface area contributed by atoms with Crippen molar-refractivity contribution in [3.05, 3.63) is 6.33 Å². The molecule has 2 heterocycles. The van der Waals surface area contributed by atoms with E-state index in [9.17, 15) is 0 Å². The molecule has 0 spiro atoms. The lowest BCUT2D eigenvalue weighted by atomic mass is 10.2. The van der Waals surface area contributed by atoms with Crippen LogP contribution in [0, 0.1) is 0 Å². The van der Waals surface area contributed by atoms with Crippen LogP contribution in [-0.2, 0) is 0 Å². The first kappa shape index (κ1) is 7.94. The van der Waals surface area contributed by atoms with E-state index >= 15 is 0 Å². The van der Waals surface area contributed by atoms with Gasteiger partial charge in [0.05, 0.1) is 0 Å². The number of hydrogen-bond donors (Lipinski definition) is 1. The molecule has 0 atom stereocenters. The highest BCUT2D eigenvalue weighted by molar-refractivity contribution is 7.09. The van der Waals surface area contributed by atoms with Gasteiger partial charge in [0.25, 0.3) is 0 Å². The Kier molecular flexibility index (Phi) is 2.53. The Labute approximate surface area is 75.8 Å². The molecule has 1 saturated heterocycles. The minimum absolute atomic E-state index is 0.900. The fraction of sp³-hybridized carbons (Fsp3) is 0.714. The van der Waals surface area contributed by atoms with Crippen molar-refractivity contribution in [3.63, 3.8) is 0 Å². The average Bonchev–Trinajstić information content (AvgIpc) is 2.59. The van der Waals surface area contributed by atoms with Crippen LogP contribution < -0.4 is 5.43 Å². The lowest BCUT2D eigenvalue weighted by Crippen LogP contribution is -2.34. The van der Waals surface area contributed by atoms with Crippen LogP contribution in [0.4, 0.5) is 5.13 Å². The van der Waals surface area contributed by atoms with E-state index in [1.54, 1.807) is 6.33 Å². The van der Waals surface area contributed by atoms with Gasteiger partial charge in [-0.15, -0.1) is 0 Å². The largest absolute Gasteiger partial charge is 0.293 e. The van der Waals surface area contributed by atoms with Crippen LogP contribution in [0.15, 0.2) is 6.33 Å². The van der Waals surface area contributed by atoms with E-state index in [1.165, 1.54) is 30.8 Å². The van der Waals surface area contributed by atoms with Gasteiger partial charge in [-0.05, 0) is 12.8 Å². The summed E-state index contributed by atoms with van der Waals surface area (Å²) < 4.78 is 3.93. The second-order valence-electron chi connectivity index (χ2n) is 2.91. The Bertz CT molecular complexity index is 217. The van der Waals surface area contributed by atoms with Gasteiger partial charge in [-0.3, -0.25) is 5.43 Å². The number of nitrogens with one attached hydrogen (secondary N) is 1. The summed E-state index contributed by atoms with van der Waals surface area (Å²) in [7, 11) is 0. The van der Waals surface area contributed by atoms with Crippen LogP contribution in [0.1, 0.15) is 19.3 Å². The molecular formula is C7H12N4S. The van der Waals surface area contributed by atoms with Crippen molar-refractivity contribution < 1.29 is 0 Å². The SMILES string of the molecule is c1nsc(NN2CCCCC2)n1. The molecule has 0 bridgehead atoms. The van der Waals surface area contributed by atoms with E-state index in [-0.39, 0.29) is 0 Å². The molecule has 1 aliphatic rings. The van der Waals surface area contributed by atoms with Crippen molar-refractivity contribution in [2.24, 2.45) is 0 Å². The summed E-state index contributed by atoms with van der Waals surface area (Å²) in [6.07, 6.45) is 5.50. The highest BCUT2D eigenvalue weighted by Gasteiger charge is 2.10. The van der Waals surface area contributed by atoms with Crippen molar-refractivity contribution in [2.45, 2.75) is 19.3 Å². The monoisotopic (exact) mass is 184 g/mol. The third kappa shape index (κ3) is 1.92. The van der Waals surface area contributed by atoms with Crippen molar-refractivity contribution in [3.8, 4) is 0 Å². The zero-order chi connectivity index (χ0) is 8.23. The molecule has 1 aromatic rings. The molecule has 2 rings (SSSR count). The van der Waals surface area contributed by atoms with Gasteiger partial charge in [0, 0.05) is 24.6 Å². The van der Waals surface area contributed by atoms with E-state index in [1.807, 2.05) is 0 Å². The van der Waals surface area contributed by atoms with Gasteiger partial charge in [-0.1, -0.05) is 6.42 Å². The smallest absolute Gasteiger partial charge is 0.216 e. The fourth-order valence-electron chi connectivity index (χ4n) is 1.36. The minimum atomic E-state index is 0.900. The molecule has 1 N–H and O–H groups in total. The normalized spacial score (nSPS) is 19.3. The Balaban J connectivity index is 1.86. The third-order valence-corrected chi connectivity index (χ3v) is 2.54. The lowest BCUT2D eigenvalue weighted by molar-refractivity contribution is 0.273. The van der Waals surface area contributed by atoms with Gasteiger partial charge in [-0.25, -0.2) is 9.99 Å². The summed E-state index contributed by atoms with van der Waals surface area (Å²) in [6.45, 7) is 2.25. The number of hydrazine groups is 1. The average molecular weight is 184 g/mol. The molecule has 5 heteroatoms. The van der Waals surface area contributed by atoms with Crippen LogP contribution in [0.25, 0.3) is 0 Å². The molecule has 66 valence electrons. The van der Waals surface area contributed by atoms with Crippen LogP contribution in [0.2, 0.25) is 0 Å². The number of hydrogen-bond acceptors (Lipinski definition) is 5. The maximum Gasteiger partial charge on any atom is 0.216 e. The fourth-order valence-corrected chi connectivity index (χ4v) is 1.82. The molecule has 0 aromatic carbocycles. The Morgan fingerprint density at radius 3 is 2.83 bits per heavy atom. The first-order valence-corrected chi connectivity index (χ1v) is 5.01. The van der Waals surface area contributed by atoms with Gasteiger partial charge in [-0.2, -0.15) is 4.37 Å². The van der Waals surface area contributed by atoms with Gasteiger partial charge in [0.2, 0.25) is 5.13 Å². The van der Waals surface area contributed by atoms with Crippen molar-refractivity contribution >= 4 is 16.7 Å². The minimum Gasteiger partial charge on any atom is -0.293 e. The maximum atomic E-state index is 4.06. The second-order valence-corrected chi connectivity index (χ2v) is 3.69. The number of nitrogens with zero attached hydrogens (tertiary/aromatic N) is 3. The summed E-state index contributed by atoms with van der Waals surface area (Å²) in [5.74, 6) is 0. The van der Waals surface area contributed by atoms with E-state index in [4.69, 9.17) is 0 Å². The maximum absolute atomic E-state index is 4.06. The van der Waals surface area contributed by atoms with Crippen LogP contribution in [0.3, 0.4) is 0 Å². The lowest BCUT2D eigenvalue weighted by Gasteiger charge is -2.26.